The van der Waals surface area contributed by atoms with Crippen molar-refractivity contribution in [2.45, 2.75) is 58.3 Å². The van der Waals surface area contributed by atoms with E-state index in [1.54, 1.807) is 0 Å². The normalized spacial score (nSPS) is 19.1. The average molecular weight is 404 g/mol. The molecule has 1 aliphatic carbocycles. The fraction of sp³-hybridized carbons (Fsp3) is 0.565. The van der Waals surface area contributed by atoms with Crippen molar-refractivity contribution < 1.29 is 14.3 Å². The second kappa shape index (κ2) is 9.60. The van der Waals surface area contributed by atoms with E-state index in [1.807, 2.05) is 36.1 Å². The predicted octanol–water partition coefficient (Wildman–Crippen LogP) is 4.94. The summed E-state index contributed by atoms with van der Waals surface area (Å²) >= 11 is 5.99. The third kappa shape index (κ3) is 5.16. The lowest BCUT2D eigenvalue weighted by molar-refractivity contribution is -0.160. The van der Waals surface area contributed by atoms with Crippen LogP contribution in [0.4, 0.5) is 0 Å². The molecule has 3 rings (SSSR count). The third-order valence-electron chi connectivity index (χ3n) is 6.00. The minimum Gasteiger partial charge on any atom is -0.466 e. The lowest BCUT2D eigenvalue weighted by Gasteiger charge is -2.40. The molecule has 1 amide bonds. The highest BCUT2D eigenvalue weighted by Crippen LogP contribution is 2.37. The van der Waals surface area contributed by atoms with Crippen LogP contribution in [-0.4, -0.2) is 36.5 Å². The topological polar surface area (TPSA) is 46.6 Å². The van der Waals surface area contributed by atoms with E-state index in [-0.39, 0.29) is 11.9 Å². The van der Waals surface area contributed by atoms with E-state index in [0.717, 1.165) is 18.4 Å². The van der Waals surface area contributed by atoms with E-state index in [2.05, 4.69) is 6.08 Å². The summed E-state index contributed by atoms with van der Waals surface area (Å²) < 4.78 is 5.42. The van der Waals surface area contributed by atoms with Gasteiger partial charge in [-0.1, -0.05) is 35.4 Å². The number of hydrogen-bond acceptors (Lipinski definition) is 3. The minimum atomic E-state index is -0.565. The Labute approximate surface area is 172 Å². The van der Waals surface area contributed by atoms with E-state index >= 15 is 0 Å². The quantitative estimate of drug-likeness (QED) is 0.499. The maximum atomic E-state index is 12.8. The van der Waals surface area contributed by atoms with E-state index < -0.39 is 5.41 Å². The zero-order valence-electron chi connectivity index (χ0n) is 16.7. The molecule has 1 saturated heterocycles. The van der Waals surface area contributed by atoms with E-state index in [9.17, 15) is 9.59 Å². The van der Waals surface area contributed by atoms with Crippen LogP contribution < -0.4 is 0 Å². The predicted molar refractivity (Wildman–Crippen MR) is 111 cm³/mol. The number of amides is 1. The van der Waals surface area contributed by atoms with Crippen LogP contribution in [-0.2, 0) is 20.7 Å². The Kier molecular flexibility index (Phi) is 7.17. The molecular weight excluding hydrogens is 374 g/mol. The van der Waals surface area contributed by atoms with Gasteiger partial charge in [-0.05, 0) is 69.6 Å². The Balaban J connectivity index is 1.66. The standard InChI is InChI=1S/C23H30ClNO3/c1-2-28-22(27)23(17-19-8-10-20(24)11-9-19)12-14-25(15-13-23)21(26)16-18-6-4-3-5-7-18/h6,8-11H,2-5,7,12-17H2,1H3. The summed E-state index contributed by atoms with van der Waals surface area (Å²) in [7, 11) is 0. The molecule has 4 nitrogen and oxygen atoms in total. The van der Waals surface area contributed by atoms with Gasteiger partial charge in [0.05, 0.1) is 12.0 Å². The van der Waals surface area contributed by atoms with Gasteiger partial charge in [0.2, 0.25) is 5.91 Å². The summed E-state index contributed by atoms with van der Waals surface area (Å²) in [6.45, 7) is 3.43. The highest BCUT2D eigenvalue weighted by atomic mass is 35.5. The van der Waals surface area contributed by atoms with E-state index in [0.29, 0.717) is 50.4 Å². The molecule has 0 bridgehead atoms. The van der Waals surface area contributed by atoms with Crippen LogP contribution in [0, 0.1) is 5.41 Å². The Morgan fingerprint density at radius 2 is 1.86 bits per heavy atom. The Hall–Kier alpha value is -1.81. The van der Waals surface area contributed by atoms with Gasteiger partial charge in [0.15, 0.2) is 0 Å². The SMILES string of the molecule is CCOC(=O)C1(Cc2ccc(Cl)cc2)CCN(C(=O)CC2=CCCCC2)CC1. The number of likely N-dealkylation sites (tertiary alicyclic amines) is 1. The van der Waals surface area contributed by atoms with Crippen molar-refractivity contribution in [3.63, 3.8) is 0 Å². The number of carbonyl (C=O) groups is 2. The summed E-state index contributed by atoms with van der Waals surface area (Å²) in [6, 6.07) is 7.64. The molecule has 0 atom stereocenters. The lowest BCUT2D eigenvalue weighted by Crippen LogP contribution is -2.48. The van der Waals surface area contributed by atoms with Crippen molar-refractivity contribution in [2.75, 3.05) is 19.7 Å². The van der Waals surface area contributed by atoms with Crippen molar-refractivity contribution in [1.29, 1.82) is 0 Å². The highest BCUT2D eigenvalue weighted by Gasteiger charge is 2.43. The molecule has 1 aromatic carbocycles. The highest BCUT2D eigenvalue weighted by molar-refractivity contribution is 6.30. The van der Waals surface area contributed by atoms with Crippen molar-refractivity contribution in [2.24, 2.45) is 5.41 Å². The van der Waals surface area contributed by atoms with Crippen LogP contribution in [0.1, 0.15) is 57.4 Å². The Morgan fingerprint density at radius 3 is 2.46 bits per heavy atom. The molecule has 0 spiro atoms. The van der Waals surface area contributed by atoms with Gasteiger partial charge >= 0.3 is 5.97 Å². The van der Waals surface area contributed by atoms with Gasteiger partial charge in [-0.2, -0.15) is 0 Å². The second-order valence-corrected chi connectivity index (χ2v) is 8.41. The molecule has 1 aromatic rings. The molecule has 0 radical (unpaired) electrons. The van der Waals surface area contributed by atoms with Crippen LogP contribution in [0.25, 0.3) is 0 Å². The van der Waals surface area contributed by atoms with Gasteiger partial charge in [-0.15, -0.1) is 0 Å². The zero-order chi connectivity index (χ0) is 20.0. The monoisotopic (exact) mass is 403 g/mol. The largest absolute Gasteiger partial charge is 0.466 e. The van der Waals surface area contributed by atoms with E-state index in [4.69, 9.17) is 16.3 Å². The third-order valence-corrected chi connectivity index (χ3v) is 6.25. The molecular formula is C23H30ClNO3. The number of hydrogen-bond donors (Lipinski definition) is 0. The molecule has 1 aliphatic heterocycles. The molecule has 2 aliphatic rings. The van der Waals surface area contributed by atoms with E-state index in [1.165, 1.54) is 18.4 Å². The summed E-state index contributed by atoms with van der Waals surface area (Å²) in [5, 5.41) is 0.686. The van der Waals surface area contributed by atoms with Crippen LogP contribution in [0.2, 0.25) is 5.02 Å². The van der Waals surface area contributed by atoms with Gasteiger partial charge in [0.25, 0.3) is 0 Å². The number of halogens is 1. The average Bonchev–Trinajstić information content (AvgIpc) is 2.71. The minimum absolute atomic E-state index is 0.146. The number of nitrogens with zero attached hydrogens (tertiary/aromatic N) is 1. The maximum absolute atomic E-state index is 12.8. The van der Waals surface area contributed by atoms with Crippen molar-refractivity contribution in [1.82, 2.24) is 4.90 Å². The zero-order valence-corrected chi connectivity index (χ0v) is 17.5. The molecule has 5 heteroatoms. The maximum Gasteiger partial charge on any atom is 0.312 e. The van der Waals surface area contributed by atoms with Gasteiger partial charge in [-0.25, -0.2) is 0 Å². The first-order chi connectivity index (χ1) is 13.5. The molecule has 0 aromatic heterocycles. The number of ether oxygens (including phenoxy) is 1. The first kappa shape index (κ1) is 20.9. The smallest absolute Gasteiger partial charge is 0.312 e. The fourth-order valence-corrected chi connectivity index (χ4v) is 4.41. The van der Waals surface area contributed by atoms with Gasteiger partial charge < -0.3 is 9.64 Å². The number of benzene rings is 1. The molecule has 0 N–H and O–H groups in total. The van der Waals surface area contributed by atoms with Gasteiger partial charge in [-0.3, -0.25) is 9.59 Å². The van der Waals surface area contributed by atoms with Crippen molar-refractivity contribution >= 4 is 23.5 Å². The molecule has 1 heterocycles. The summed E-state index contributed by atoms with van der Waals surface area (Å²) in [6.07, 6.45) is 9.21. The van der Waals surface area contributed by atoms with Crippen molar-refractivity contribution in [3.05, 3.63) is 46.5 Å². The summed E-state index contributed by atoms with van der Waals surface area (Å²) in [4.78, 5) is 27.5. The van der Waals surface area contributed by atoms with Crippen LogP contribution in [0.3, 0.4) is 0 Å². The first-order valence-corrected chi connectivity index (χ1v) is 10.8. The fourth-order valence-electron chi connectivity index (χ4n) is 4.29. The number of rotatable bonds is 6. The Morgan fingerprint density at radius 1 is 1.14 bits per heavy atom. The van der Waals surface area contributed by atoms with Gasteiger partial charge in [0.1, 0.15) is 0 Å². The van der Waals surface area contributed by atoms with Crippen molar-refractivity contribution in [3.8, 4) is 0 Å². The molecule has 0 unspecified atom stereocenters. The summed E-state index contributed by atoms with van der Waals surface area (Å²) in [5.41, 5.74) is 1.79. The summed E-state index contributed by atoms with van der Waals surface area (Å²) in [5.74, 6) is 0.0455. The van der Waals surface area contributed by atoms with Crippen LogP contribution in [0.15, 0.2) is 35.9 Å². The number of esters is 1. The molecule has 1 fully saturated rings. The lowest BCUT2D eigenvalue weighted by atomic mass is 9.73. The number of piperidine rings is 1. The number of allylic oxidation sites excluding steroid dienone is 1. The first-order valence-electron chi connectivity index (χ1n) is 10.4. The number of carbonyl (C=O) groups excluding carboxylic acids is 2. The van der Waals surface area contributed by atoms with Gasteiger partial charge in [0, 0.05) is 24.5 Å². The molecule has 0 saturated carbocycles. The Bertz CT molecular complexity index is 718. The van der Waals surface area contributed by atoms with Crippen LogP contribution in [0.5, 0.6) is 0 Å². The molecule has 28 heavy (non-hydrogen) atoms. The molecule has 152 valence electrons. The van der Waals surface area contributed by atoms with Crippen LogP contribution >= 0.6 is 11.6 Å². The second-order valence-electron chi connectivity index (χ2n) is 7.97.